The average molecular weight is 369 g/mol. The van der Waals surface area contributed by atoms with Crippen molar-refractivity contribution >= 4 is 35.4 Å². The molecule has 9 nitrogen and oxygen atoms in total. The molecule has 10 heteroatoms. The molecule has 0 radical (unpaired) electrons. The Balaban J connectivity index is 2.62. The monoisotopic (exact) mass is 369 g/mol. The minimum Gasteiger partial charge on any atom is -0.452 e. The number of nitro groups is 1. The van der Waals surface area contributed by atoms with Gasteiger partial charge in [0.2, 0.25) is 0 Å². The topological polar surface area (TPSA) is 128 Å². The second kappa shape index (κ2) is 9.62. The fourth-order valence-corrected chi connectivity index (χ4v) is 2.25. The van der Waals surface area contributed by atoms with Gasteiger partial charge in [-0.15, -0.1) is 11.8 Å². The number of carbonyl (C=O) groups excluding carboxylic acids is 3. The van der Waals surface area contributed by atoms with Crippen LogP contribution < -0.4 is 10.6 Å². The number of ether oxygens (including phenoxy) is 1. The van der Waals surface area contributed by atoms with Crippen molar-refractivity contribution in [1.29, 1.82) is 0 Å². The van der Waals surface area contributed by atoms with E-state index >= 15 is 0 Å². The van der Waals surface area contributed by atoms with Crippen molar-refractivity contribution in [1.82, 2.24) is 10.6 Å². The Morgan fingerprint density at radius 1 is 1.36 bits per heavy atom. The van der Waals surface area contributed by atoms with E-state index in [0.717, 1.165) is 6.07 Å². The first-order valence-electron chi connectivity index (χ1n) is 7.38. The Morgan fingerprint density at radius 3 is 2.60 bits per heavy atom. The predicted octanol–water partition coefficient (Wildman–Crippen LogP) is 2.10. The van der Waals surface area contributed by atoms with Crippen LogP contribution in [0.25, 0.3) is 0 Å². The number of esters is 1. The molecule has 0 aliphatic heterocycles. The molecule has 1 rings (SSSR count). The number of hydrogen-bond donors (Lipinski definition) is 2. The van der Waals surface area contributed by atoms with Crippen LogP contribution >= 0.6 is 11.8 Å². The largest absolute Gasteiger partial charge is 0.452 e. The summed E-state index contributed by atoms with van der Waals surface area (Å²) in [7, 11) is 0. The zero-order chi connectivity index (χ0) is 19.0. The molecule has 0 aromatic heterocycles. The molecule has 0 saturated heterocycles. The summed E-state index contributed by atoms with van der Waals surface area (Å²) in [6, 6.07) is 3.09. The smallest absolute Gasteiger partial charge is 0.338 e. The maximum Gasteiger partial charge on any atom is 0.338 e. The van der Waals surface area contributed by atoms with E-state index in [4.69, 9.17) is 4.74 Å². The Morgan fingerprint density at radius 2 is 2.04 bits per heavy atom. The Hall–Kier alpha value is -2.62. The Bertz CT molecular complexity index is 679. The van der Waals surface area contributed by atoms with Crippen LogP contribution in [-0.4, -0.2) is 41.7 Å². The lowest BCUT2D eigenvalue weighted by atomic mass is 10.2. The zero-order valence-electron chi connectivity index (χ0n) is 14.0. The number of nitrogens with zero attached hydrogens (tertiary/aromatic N) is 1. The maximum atomic E-state index is 11.9. The summed E-state index contributed by atoms with van der Waals surface area (Å²) in [6.45, 7) is 2.97. The maximum absolute atomic E-state index is 11.9. The standard InChI is InChI=1S/C15H19N3O6S/c1-4-9(2)16-15(21)17-13(19)8-24-14(20)10-5-6-12(25-3)11(7-10)18(22)23/h5-7,9H,4,8H2,1-3H3,(H2,16,17,19,21)/t9-/m0/s1. The van der Waals surface area contributed by atoms with Gasteiger partial charge in [-0.25, -0.2) is 9.59 Å². The summed E-state index contributed by atoms with van der Waals surface area (Å²) >= 11 is 1.17. The summed E-state index contributed by atoms with van der Waals surface area (Å²) in [5, 5.41) is 15.5. The highest BCUT2D eigenvalue weighted by molar-refractivity contribution is 7.98. The van der Waals surface area contributed by atoms with Crippen LogP contribution in [0.4, 0.5) is 10.5 Å². The van der Waals surface area contributed by atoms with Gasteiger partial charge in [0.25, 0.3) is 11.6 Å². The fourth-order valence-electron chi connectivity index (χ4n) is 1.70. The zero-order valence-corrected chi connectivity index (χ0v) is 14.8. The number of carbonyl (C=O) groups is 3. The molecular formula is C15H19N3O6S. The van der Waals surface area contributed by atoms with Gasteiger partial charge in [-0.3, -0.25) is 20.2 Å². The highest BCUT2D eigenvalue weighted by atomic mass is 32.2. The van der Waals surface area contributed by atoms with E-state index in [1.807, 2.05) is 12.2 Å². The molecule has 25 heavy (non-hydrogen) atoms. The fraction of sp³-hybridized carbons (Fsp3) is 0.400. The minimum atomic E-state index is -0.895. The quantitative estimate of drug-likeness (QED) is 0.326. The van der Waals surface area contributed by atoms with Crippen molar-refractivity contribution in [2.45, 2.75) is 31.2 Å². The van der Waals surface area contributed by atoms with Crippen LogP contribution in [0.3, 0.4) is 0 Å². The normalized spacial score (nSPS) is 11.3. The summed E-state index contributed by atoms with van der Waals surface area (Å²) in [4.78, 5) is 45.7. The Labute approximate surface area is 148 Å². The van der Waals surface area contributed by atoms with Crippen LogP contribution in [0.2, 0.25) is 0 Å². The second-order valence-electron chi connectivity index (χ2n) is 5.05. The molecule has 0 unspecified atom stereocenters. The van der Waals surface area contributed by atoms with Crippen molar-refractivity contribution in [3.05, 3.63) is 33.9 Å². The number of hydrogen-bond acceptors (Lipinski definition) is 7. The van der Waals surface area contributed by atoms with Gasteiger partial charge < -0.3 is 10.1 Å². The lowest BCUT2D eigenvalue weighted by molar-refractivity contribution is -0.387. The summed E-state index contributed by atoms with van der Waals surface area (Å²) < 4.78 is 4.77. The number of nitrogens with one attached hydrogen (secondary N) is 2. The van der Waals surface area contributed by atoms with Crippen LogP contribution in [0.5, 0.6) is 0 Å². The predicted molar refractivity (Wildman–Crippen MR) is 91.6 cm³/mol. The van der Waals surface area contributed by atoms with Crippen molar-refractivity contribution in [3.8, 4) is 0 Å². The van der Waals surface area contributed by atoms with Crippen molar-refractivity contribution in [2.24, 2.45) is 0 Å². The first kappa shape index (κ1) is 20.4. The molecule has 0 bridgehead atoms. The molecule has 2 N–H and O–H groups in total. The van der Waals surface area contributed by atoms with Crippen LogP contribution in [0.15, 0.2) is 23.1 Å². The molecule has 3 amide bonds. The Kier molecular flexibility index (Phi) is 7.86. The van der Waals surface area contributed by atoms with E-state index in [0.29, 0.717) is 11.3 Å². The van der Waals surface area contributed by atoms with Gasteiger partial charge in [-0.1, -0.05) is 6.92 Å². The second-order valence-corrected chi connectivity index (χ2v) is 5.90. The van der Waals surface area contributed by atoms with Crippen LogP contribution in [0.1, 0.15) is 30.6 Å². The number of nitro benzene ring substituents is 1. The van der Waals surface area contributed by atoms with Gasteiger partial charge in [-0.2, -0.15) is 0 Å². The van der Waals surface area contributed by atoms with E-state index in [9.17, 15) is 24.5 Å². The number of rotatable bonds is 7. The molecule has 1 atom stereocenters. The van der Waals surface area contributed by atoms with Gasteiger partial charge in [-0.05, 0) is 31.7 Å². The van der Waals surface area contributed by atoms with E-state index in [2.05, 4.69) is 5.32 Å². The minimum absolute atomic E-state index is 0.0543. The summed E-state index contributed by atoms with van der Waals surface area (Å²) in [5.74, 6) is -1.70. The number of benzene rings is 1. The highest BCUT2D eigenvalue weighted by Crippen LogP contribution is 2.28. The molecule has 0 aliphatic carbocycles. The summed E-state index contributed by atoms with van der Waals surface area (Å²) in [5.41, 5.74) is -0.277. The van der Waals surface area contributed by atoms with Gasteiger partial charge in [0.1, 0.15) is 0 Å². The van der Waals surface area contributed by atoms with E-state index < -0.39 is 29.4 Å². The van der Waals surface area contributed by atoms with E-state index in [-0.39, 0.29) is 17.3 Å². The van der Waals surface area contributed by atoms with Crippen LogP contribution in [-0.2, 0) is 9.53 Å². The molecule has 0 spiro atoms. The first-order chi connectivity index (χ1) is 11.8. The SMILES string of the molecule is CC[C@H](C)NC(=O)NC(=O)COC(=O)c1ccc(SC)c([N+](=O)[O-])c1. The van der Waals surface area contributed by atoms with Crippen molar-refractivity contribution < 1.29 is 24.0 Å². The highest BCUT2D eigenvalue weighted by Gasteiger charge is 2.19. The lowest BCUT2D eigenvalue weighted by Gasteiger charge is -2.11. The molecule has 1 aromatic carbocycles. The lowest BCUT2D eigenvalue weighted by Crippen LogP contribution is -2.44. The average Bonchev–Trinajstić information content (AvgIpc) is 2.58. The van der Waals surface area contributed by atoms with E-state index in [1.165, 1.54) is 23.9 Å². The number of amides is 3. The summed E-state index contributed by atoms with van der Waals surface area (Å²) in [6.07, 6.45) is 2.37. The van der Waals surface area contributed by atoms with E-state index in [1.54, 1.807) is 13.2 Å². The number of imide groups is 1. The molecule has 136 valence electrons. The molecule has 0 heterocycles. The number of thioether (sulfide) groups is 1. The first-order valence-corrected chi connectivity index (χ1v) is 8.60. The van der Waals surface area contributed by atoms with Gasteiger partial charge in [0.15, 0.2) is 6.61 Å². The molecule has 1 aromatic rings. The van der Waals surface area contributed by atoms with Gasteiger partial charge >= 0.3 is 12.0 Å². The third kappa shape index (κ3) is 6.42. The third-order valence-corrected chi connectivity index (χ3v) is 3.97. The molecule has 0 fully saturated rings. The number of urea groups is 1. The molecule has 0 saturated carbocycles. The molecular weight excluding hydrogens is 350 g/mol. The van der Waals surface area contributed by atoms with Gasteiger partial charge in [0.05, 0.1) is 15.4 Å². The van der Waals surface area contributed by atoms with Crippen molar-refractivity contribution in [2.75, 3.05) is 12.9 Å². The van der Waals surface area contributed by atoms with Gasteiger partial charge in [0, 0.05) is 12.1 Å². The van der Waals surface area contributed by atoms with Crippen LogP contribution in [0, 0.1) is 10.1 Å². The third-order valence-electron chi connectivity index (χ3n) is 3.19. The van der Waals surface area contributed by atoms with Crippen molar-refractivity contribution in [3.63, 3.8) is 0 Å². The molecule has 0 aliphatic rings.